The van der Waals surface area contributed by atoms with Gasteiger partial charge in [-0.05, 0) is 20.2 Å². The van der Waals surface area contributed by atoms with E-state index in [4.69, 9.17) is 5.26 Å². The lowest BCUT2D eigenvalue weighted by Gasteiger charge is -2.18. The number of nitriles is 1. The smallest absolute Gasteiger partial charge is 0.112 e. The zero-order valence-corrected chi connectivity index (χ0v) is 6.88. The fourth-order valence-electron chi connectivity index (χ4n) is 0.449. The number of hydrogen-bond acceptors (Lipinski definition) is 3. The molecule has 0 heterocycles. The van der Waals surface area contributed by atoms with Crippen LogP contribution in [0.3, 0.4) is 0 Å². The molecule has 0 aromatic rings. The Morgan fingerprint density at radius 1 is 1.78 bits per heavy atom. The van der Waals surface area contributed by atoms with Crippen LogP contribution in [-0.2, 0) is 0 Å². The molecule has 0 fully saturated rings. The normalized spacial score (nSPS) is 16.2. The molecule has 0 aliphatic heterocycles. The lowest BCUT2D eigenvalue weighted by atomic mass is 10.1. The van der Waals surface area contributed by atoms with Crippen LogP contribution in [0.15, 0.2) is 0 Å². The number of nitrogens with one attached hydrogen (secondary N) is 1. The first-order valence-corrected chi connectivity index (χ1v) is 4.17. The van der Waals surface area contributed by atoms with Gasteiger partial charge in [0.25, 0.3) is 0 Å². The average molecular weight is 144 g/mol. The van der Waals surface area contributed by atoms with Crippen molar-refractivity contribution >= 4 is 11.8 Å². The van der Waals surface area contributed by atoms with Gasteiger partial charge >= 0.3 is 0 Å². The third kappa shape index (κ3) is 2.73. The predicted molar refractivity (Wildman–Crippen MR) is 41.5 cm³/mol. The summed E-state index contributed by atoms with van der Waals surface area (Å²) in [6.07, 6.45) is 1.99. The lowest BCUT2D eigenvalue weighted by Crippen LogP contribution is -2.40. The highest BCUT2D eigenvalue weighted by Crippen LogP contribution is 2.07. The van der Waals surface area contributed by atoms with E-state index in [0.717, 1.165) is 5.75 Å². The first-order chi connectivity index (χ1) is 4.18. The highest BCUT2D eigenvalue weighted by molar-refractivity contribution is 7.98. The molecule has 0 rings (SSSR count). The standard InChI is InChI=1S/C6H12N2S/c1-6(4-7,8-2)5-9-3/h8H,5H2,1-3H3. The van der Waals surface area contributed by atoms with Gasteiger partial charge in [-0.25, -0.2) is 0 Å². The first-order valence-electron chi connectivity index (χ1n) is 2.77. The molecular weight excluding hydrogens is 132 g/mol. The molecule has 52 valence electrons. The Balaban J connectivity index is 3.81. The fourth-order valence-corrected chi connectivity index (χ4v) is 1.24. The van der Waals surface area contributed by atoms with E-state index < -0.39 is 0 Å². The van der Waals surface area contributed by atoms with Gasteiger partial charge in [-0.1, -0.05) is 0 Å². The maximum Gasteiger partial charge on any atom is 0.112 e. The van der Waals surface area contributed by atoms with Crippen molar-refractivity contribution in [1.82, 2.24) is 5.32 Å². The number of rotatable bonds is 3. The van der Waals surface area contributed by atoms with E-state index in [-0.39, 0.29) is 5.54 Å². The van der Waals surface area contributed by atoms with Gasteiger partial charge < -0.3 is 5.32 Å². The van der Waals surface area contributed by atoms with Crippen molar-refractivity contribution in [3.05, 3.63) is 0 Å². The molecule has 2 nitrogen and oxygen atoms in total. The summed E-state index contributed by atoms with van der Waals surface area (Å²) >= 11 is 1.67. The monoisotopic (exact) mass is 144 g/mol. The van der Waals surface area contributed by atoms with Gasteiger partial charge in [-0.15, -0.1) is 0 Å². The third-order valence-electron chi connectivity index (χ3n) is 1.23. The van der Waals surface area contributed by atoms with E-state index in [2.05, 4.69) is 11.4 Å². The zero-order valence-electron chi connectivity index (χ0n) is 6.06. The van der Waals surface area contributed by atoms with Crippen molar-refractivity contribution in [2.45, 2.75) is 12.5 Å². The van der Waals surface area contributed by atoms with Gasteiger partial charge in [0.05, 0.1) is 6.07 Å². The minimum atomic E-state index is -0.348. The molecule has 0 aliphatic rings. The number of hydrogen-bond donors (Lipinski definition) is 1. The highest BCUT2D eigenvalue weighted by Gasteiger charge is 2.19. The van der Waals surface area contributed by atoms with Gasteiger partial charge in [0.2, 0.25) is 0 Å². The molecule has 1 atom stereocenters. The molecule has 0 spiro atoms. The van der Waals surface area contributed by atoms with Gasteiger partial charge in [0.15, 0.2) is 0 Å². The molecule has 0 aliphatic carbocycles. The number of nitrogens with zero attached hydrogens (tertiary/aromatic N) is 1. The van der Waals surface area contributed by atoms with Gasteiger partial charge in [-0.3, -0.25) is 0 Å². The van der Waals surface area contributed by atoms with Crippen LogP contribution in [0.1, 0.15) is 6.92 Å². The quantitative estimate of drug-likeness (QED) is 0.638. The van der Waals surface area contributed by atoms with Crippen LogP contribution in [-0.4, -0.2) is 24.6 Å². The van der Waals surface area contributed by atoms with Crippen molar-refractivity contribution < 1.29 is 0 Å². The molecular formula is C6H12N2S. The van der Waals surface area contributed by atoms with Crippen LogP contribution in [0.4, 0.5) is 0 Å². The summed E-state index contributed by atoms with van der Waals surface area (Å²) in [4.78, 5) is 0. The summed E-state index contributed by atoms with van der Waals surface area (Å²) in [7, 11) is 1.80. The topological polar surface area (TPSA) is 35.8 Å². The van der Waals surface area contributed by atoms with Crippen molar-refractivity contribution in [3.63, 3.8) is 0 Å². The Kier molecular flexibility index (Phi) is 3.67. The Hall–Kier alpha value is -0.200. The SMILES string of the molecule is CNC(C)(C#N)CSC. The molecule has 3 heteroatoms. The molecule has 0 bridgehead atoms. The van der Waals surface area contributed by atoms with Crippen LogP contribution >= 0.6 is 11.8 Å². The highest BCUT2D eigenvalue weighted by atomic mass is 32.2. The molecule has 1 N–H and O–H groups in total. The first kappa shape index (κ1) is 8.80. The van der Waals surface area contributed by atoms with Gasteiger partial charge in [-0.2, -0.15) is 17.0 Å². The second-order valence-electron chi connectivity index (χ2n) is 2.13. The maximum atomic E-state index is 8.59. The third-order valence-corrected chi connectivity index (χ3v) is 2.10. The van der Waals surface area contributed by atoms with Crippen LogP contribution in [0, 0.1) is 11.3 Å². The summed E-state index contributed by atoms with van der Waals surface area (Å²) in [6.45, 7) is 1.89. The Labute approximate surface area is 60.6 Å². The molecule has 1 unspecified atom stereocenters. The van der Waals surface area contributed by atoms with E-state index >= 15 is 0 Å². The molecule has 0 radical (unpaired) electrons. The Morgan fingerprint density at radius 2 is 2.33 bits per heavy atom. The van der Waals surface area contributed by atoms with Crippen molar-refractivity contribution in [2.75, 3.05) is 19.1 Å². The largest absolute Gasteiger partial charge is 0.302 e. The van der Waals surface area contributed by atoms with E-state index in [9.17, 15) is 0 Å². The molecule has 0 amide bonds. The minimum absolute atomic E-state index is 0.348. The fraction of sp³-hybridized carbons (Fsp3) is 0.833. The van der Waals surface area contributed by atoms with Crippen LogP contribution in [0.2, 0.25) is 0 Å². The summed E-state index contributed by atoms with van der Waals surface area (Å²) < 4.78 is 0. The van der Waals surface area contributed by atoms with Crippen LogP contribution < -0.4 is 5.32 Å². The maximum absolute atomic E-state index is 8.59. The molecule has 0 aromatic heterocycles. The van der Waals surface area contributed by atoms with Crippen molar-refractivity contribution in [1.29, 1.82) is 5.26 Å². The summed E-state index contributed by atoms with van der Waals surface area (Å²) in [5.74, 6) is 0.833. The Morgan fingerprint density at radius 3 is 2.44 bits per heavy atom. The molecule has 0 saturated heterocycles. The average Bonchev–Trinajstić information content (AvgIpc) is 1.89. The van der Waals surface area contributed by atoms with Crippen LogP contribution in [0.25, 0.3) is 0 Å². The predicted octanol–water partition coefficient (Wildman–Crippen LogP) is 0.851. The van der Waals surface area contributed by atoms with Crippen molar-refractivity contribution in [2.24, 2.45) is 0 Å². The second kappa shape index (κ2) is 3.76. The van der Waals surface area contributed by atoms with Gasteiger partial charge in [0, 0.05) is 5.75 Å². The summed E-state index contributed by atoms with van der Waals surface area (Å²) in [5, 5.41) is 11.5. The Bertz CT molecular complexity index is 119. The molecule has 9 heavy (non-hydrogen) atoms. The van der Waals surface area contributed by atoms with E-state index in [1.165, 1.54) is 0 Å². The van der Waals surface area contributed by atoms with Gasteiger partial charge in [0.1, 0.15) is 5.54 Å². The zero-order chi connectivity index (χ0) is 7.33. The summed E-state index contributed by atoms with van der Waals surface area (Å²) in [5.41, 5.74) is -0.348. The molecule has 0 saturated carbocycles. The van der Waals surface area contributed by atoms with Crippen LogP contribution in [0.5, 0.6) is 0 Å². The second-order valence-corrected chi connectivity index (χ2v) is 2.99. The van der Waals surface area contributed by atoms with Crippen molar-refractivity contribution in [3.8, 4) is 6.07 Å². The van der Waals surface area contributed by atoms with E-state index in [0.29, 0.717) is 0 Å². The lowest BCUT2D eigenvalue weighted by molar-refractivity contribution is 0.551. The number of thioether (sulfide) groups is 1. The van der Waals surface area contributed by atoms with E-state index in [1.807, 2.05) is 13.2 Å². The minimum Gasteiger partial charge on any atom is -0.302 e. The summed E-state index contributed by atoms with van der Waals surface area (Å²) in [6, 6.07) is 2.20. The van der Waals surface area contributed by atoms with E-state index in [1.54, 1.807) is 18.8 Å². The molecule has 0 aromatic carbocycles.